The summed E-state index contributed by atoms with van der Waals surface area (Å²) in [5, 5.41) is 0. The Balaban J connectivity index is 2.33. The monoisotopic (exact) mass is 222 g/mol. The number of benzene rings is 1. The Morgan fingerprint density at radius 3 is 2.50 bits per heavy atom. The first-order valence-electron chi connectivity index (χ1n) is 4.93. The number of rotatable bonds is 1. The van der Waals surface area contributed by atoms with E-state index in [-0.39, 0.29) is 5.69 Å². The van der Waals surface area contributed by atoms with Gasteiger partial charge < -0.3 is 4.90 Å². The molecule has 0 saturated carbocycles. The molecule has 1 aliphatic heterocycles. The molecule has 5 heteroatoms. The van der Waals surface area contributed by atoms with Gasteiger partial charge >= 0.3 is 11.8 Å². The molecule has 4 nitrogen and oxygen atoms in total. The molecule has 0 bridgehead atoms. The number of anilines is 1. The van der Waals surface area contributed by atoms with E-state index in [9.17, 15) is 14.0 Å². The van der Waals surface area contributed by atoms with E-state index in [1.54, 1.807) is 19.2 Å². The molecule has 0 N–H and O–H groups in total. The zero-order valence-electron chi connectivity index (χ0n) is 8.81. The smallest absolute Gasteiger partial charge is 0.316 e. The third-order valence-electron chi connectivity index (χ3n) is 2.58. The quantitative estimate of drug-likeness (QED) is 0.654. The lowest BCUT2D eigenvalue weighted by Crippen LogP contribution is -2.53. The number of likely N-dealkylation sites (N-methyl/N-ethyl adjacent to an activating group) is 1. The van der Waals surface area contributed by atoms with Gasteiger partial charge in [0, 0.05) is 20.1 Å². The summed E-state index contributed by atoms with van der Waals surface area (Å²) in [6, 6.07) is 5.94. The van der Waals surface area contributed by atoms with Crippen molar-refractivity contribution in [1.29, 1.82) is 0 Å². The molecule has 84 valence electrons. The molecule has 1 heterocycles. The van der Waals surface area contributed by atoms with E-state index >= 15 is 0 Å². The second-order valence-electron chi connectivity index (χ2n) is 3.63. The molecule has 2 rings (SSSR count). The van der Waals surface area contributed by atoms with Crippen molar-refractivity contribution in [3.05, 3.63) is 30.1 Å². The topological polar surface area (TPSA) is 40.6 Å². The van der Waals surface area contributed by atoms with Gasteiger partial charge in [0.15, 0.2) is 0 Å². The van der Waals surface area contributed by atoms with Gasteiger partial charge in [0.05, 0.1) is 5.69 Å². The fourth-order valence-corrected chi connectivity index (χ4v) is 1.63. The van der Waals surface area contributed by atoms with Gasteiger partial charge in [-0.15, -0.1) is 0 Å². The van der Waals surface area contributed by atoms with Crippen LogP contribution in [-0.4, -0.2) is 36.9 Å². The molecule has 0 unspecified atom stereocenters. The zero-order valence-corrected chi connectivity index (χ0v) is 8.81. The first-order valence-corrected chi connectivity index (χ1v) is 4.93. The summed E-state index contributed by atoms with van der Waals surface area (Å²) in [4.78, 5) is 25.6. The molecule has 16 heavy (non-hydrogen) atoms. The third kappa shape index (κ3) is 1.64. The number of carbonyl (C=O) groups excluding carboxylic acids is 2. The summed E-state index contributed by atoms with van der Waals surface area (Å²) in [6.45, 7) is 0.737. The van der Waals surface area contributed by atoms with Crippen LogP contribution in [0.1, 0.15) is 0 Å². The Morgan fingerprint density at radius 2 is 1.81 bits per heavy atom. The zero-order chi connectivity index (χ0) is 11.7. The Kier molecular flexibility index (Phi) is 2.60. The maximum absolute atomic E-state index is 13.5. The summed E-state index contributed by atoms with van der Waals surface area (Å²) >= 11 is 0. The predicted octanol–water partition coefficient (Wildman–Crippen LogP) is 0.631. The van der Waals surface area contributed by atoms with Gasteiger partial charge in [0.1, 0.15) is 5.82 Å². The normalized spacial score (nSPS) is 16.9. The number of para-hydroxylation sites is 1. The number of nitrogens with zero attached hydrogens (tertiary/aromatic N) is 2. The van der Waals surface area contributed by atoms with Gasteiger partial charge in [-0.1, -0.05) is 12.1 Å². The minimum absolute atomic E-state index is 0.161. The number of carbonyl (C=O) groups is 2. The van der Waals surface area contributed by atoms with Crippen LogP contribution in [0.3, 0.4) is 0 Å². The predicted molar refractivity (Wildman–Crippen MR) is 56.4 cm³/mol. The van der Waals surface area contributed by atoms with Crippen molar-refractivity contribution < 1.29 is 14.0 Å². The first-order chi connectivity index (χ1) is 7.61. The lowest BCUT2D eigenvalue weighted by molar-refractivity contribution is -0.145. The molecule has 1 aromatic rings. The molecule has 1 saturated heterocycles. The fraction of sp³-hybridized carbons (Fsp3) is 0.273. The van der Waals surface area contributed by atoms with E-state index in [0.29, 0.717) is 13.1 Å². The van der Waals surface area contributed by atoms with Crippen LogP contribution in [0.25, 0.3) is 0 Å². The second kappa shape index (κ2) is 3.92. The molecular formula is C11H11FN2O2. The van der Waals surface area contributed by atoms with Crippen molar-refractivity contribution in [2.75, 3.05) is 25.0 Å². The molecule has 2 amide bonds. The van der Waals surface area contributed by atoms with Crippen LogP contribution in [0.15, 0.2) is 24.3 Å². The van der Waals surface area contributed by atoms with E-state index in [2.05, 4.69) is 0 Å². The van der Waals surface area contributed by atoms with Crippen LogP contribution < -0.4 is 4.90 Å². The second-order valence-corrected chi connectivity index (χ2v) is 3.63. The maximum Gasteiger partial charge on any atom is 0.316 e. The lowest BCUT2D eigenvalue weighted by Gasteiger charge is -2.31. The summed E-state index contributed by atoms with van der Waals surface area (Å²) in [6.07, 6.45) is 0. The van der Waals surface area contributed by atoms with Gasteiger partial charge in [0.25, 0.3) is 0 Å². The number of hydrogen-bond acceptors (Lipinski definition) is 2. The van der Waals surface area contributed by atoms with E-state index < -0.39 is 17.6 Å². The fourth-order valence-electron chi connectivity index (χ4n) is 1.63. The molecule has 0 radical (unpaired) electrons. The van der Waals surface area contributed by atoms with Gasteiger partial charge in [-0.2, -0.15) is 0 Å². The highest BCUT2D eigenvalue weighted by Crippen LogP contribution is 2.20. The molecule has 0 atom stereocenters. The van der Waals surface area contributed by atoms with E-state index in [4.69, 9.17) is 0 Å². The van der Waals surface area contributed by atoms with Gasteiger partial charge in [-0.3, -0.25) is 14.5 Å². The number of amides is 2. The summed E-state index contributed by atoms with van der Waals surface area (Å²) < 4.78 is 13.5. The average Bonchev–Trinajstić information content (AvgIpc) is 2.28. The van der Waals surface area contributed by atoms with Crippen molar-refractivity contribution in [1.82, 2.24) is 4.90 Å². The van der Waals surface area contributed by atoms with Crippen molar-refractivity contribution in [2.45, 2.75) is 0 Å². The van der Waals surface area contributed by atoms with Crippen LogP contribution in [0.4, 0.5) is 10.1 Å². The number of piperazine rings is 1. The lowest BCUT2D eigenvalue weighted by atomic mass is 10.2. The SMILES string of the molecule is CN1CCN(c2ccccc2F)C(=O)C1=O. The maximum atomic E-state index is 13.5. The highest BCUT2D eigenvalue weighted by molar-refractivity contribution is 6.40. The molecule has 1 fully saturated rings. The van der Waals surface area contributed by atoms with Crippen molar-refractivity contribution in [3.63, 3.8) is 0 Å². The Morgan fingerprint density at radius 1 is 1.12 bits per heavy atom. The molecular weight excluding hydrogens is 211 g/mol. The largest absolute Gasteiger partial charge is 0.336 e. The van der Waals surface area contributed by atoms with Crippen molar-refractivity contribution in [2.24, 2.45) is 0 Å². The Bertz CT molecular complexity index is 447. The van der Waals surface area contributed by atoms with Crippen LogP contribution in [0.2, 0.25) is 0 Å². The summed E-state index contributed by atoms with van der Waals surface area (Å²) in [7, 11) is 1.55. The summed E-state index contributed by atoms with van der Waals surface area (Å²) in [5.41, 5.74) is 0.161. The van der Waals surface area contributed by atoms with Crippen LogP contribution in [0.5, 0.6) is 0 Å². The van der Waals surface area contributed by atoms with Crippen molar-refractivity contribution in [3.8, 4) is 0 Å². The van der Waals surface area contributed by atoms with E-state index in [1.165, 1.54) is 21.9 Å². The van der Waals surface area contributed by atoms with E-state index in [1.807, 2.05) is 0 Å². The number of hydrogen-bond donors (Lipinski definition) is 0. The highest BCUT2D eigenvalue weighted by atomic mass is 19.1. The Hall–Kier alpha value is -1.91. The van der Waals surface area contributed by atoms with Crippen LogP contribution >= 0.6 is 0 Å². The highest BCUT2D eigenvalue weighted by Gasteiger charge is 2.32. The first kappa shape index (κ1) is 10.6. The minimum atomic E-state index is -0.682. The van der Waals surface area contributed by atoms with E-state index in [0.717, 1.165) is 0 Å². The molecule has 1 aromatic carbocycles. The van der Waals surface area contributed by atoms with Crippen LogP contribution in [-0.2, 0) is 9.59 Å². The Labute approximate surface area is 92.3 Å². The summed E-state index contributed by atoms with van der Waals surface area (Å²) in [5.74, 6) is -1.78. The third-order valence-corrected chi connectivity index (χ3v) is 2.58. The van der Waals surface area contributed by atoms with Crippen LogP contribution in [0, 0.1) is 5.82 Å². The standard InChI is InChI=1S/C11H11FN2O2/c1-13-6-7-14(11(16)10(13)15)9-5-3-2-4-8(9)12/h2-5H,6-7H2,1H3. The van der Waals surface area contributed by atoms with Gasteiger partial charge in [-0.05, 0) is 12.1 Å². The average molecular weight is 222 g/mol. The van der Waals surface area contributed by atoms with Gasteiger partial charge in [-0.25, -0.2) is 4.39 Å². The molecule has 0 spiro atoms. The van der Waals surface area contributed by atoms with Crippen molar-refractivity contribution >= 4 is 17.5 Å². The molecule has 0 aliphatic carbocycles. The number of halogens is 1. The molecule has 1 aliphatic rings. The van der Waals surface area contributed by atoms with Gasteiger partial charge in [0.2, 0.25) is 0 Å². The molecule has 0 aromatic heterocycles. The minimum Gasteiger partial charge on any atom is -0.336 e.